The Hall–Kier alpha value is -3.46. The molecule has 0 saturated heterocycles. The lowest BCUT2D eigenvalue weighted by Crippen LogP contribution is -1.98. The molecule has 2 heterocycles. The van der Waals surface area contributed by atoms with Crippen molar-refractivity contribution >= 4 is 5.97 Å². The number of carboxylic acids is 1. The van der Waals surface area contributed by atoms with Crippen LogP contribution in [-0.4, -0.2) is 20.7 Å². The van der Waals surface area contributed by atoms with Crippen LogP contribution in [0.4, 0.5) is 0 Å². The topological polar surface area (TPSA) is 99.4 Å². The molecular weight excluding hydrogens is 284 g/mol. The highest BCUT2D eigenvalue weighted by atomic mass is 16.4. The van der Waals surface area contributed by atoms with Gasteiger partial charge in [-0.25, -0.2) is 4.79 Å². The summed E-state index contributed by atoms with van der Waals surface area (Å²) in [5.74, 6) is -0.982. The van der Waals surface area contributed by atoms with Crippen molar-refractivity contribution in [3.05, 3.63) is 60.1 Å². The summed E-state index contributed by atoms with van der Waals surface area (Å²) < 4.78 is 6.92. The van der Waals surface area contributed by atoms with E-state index in [-0.39, 0.29) is 11.3 Å². The fourth-order valence-electron chi connectivity index (χ4n) is 2.18. The van der Waals surface area contributed by atoms with Crippen LogP contribution in [-0.2, 0) is 0 Å². The number of aromatic carboxylic acids is 1. The second kappa shape index (κ2) is 5.14. The molecule has 0 amide bonds. The Bertz CT molecular complexity index is 886. The number of phenols is 1. The molecule has 0 saturated carbocycles. The highest BCUT2D eigenvalue weighted by Crippen LogP contribution is 2.28. The number of aromatic nitrogens is 1. The van der Waals surface area contributed by atoms with Crippen molar-refractivity contribution in [2.45, 2.75) is 0 Å². The second-order valence-corrected chi connectivity index (χ2v) is 4.59. The van der Waals surface area contributed by atoms with Gasteiger partial charge in [-0.05, 0) is 24.3 Å². The van der Waals surface area contributed by atoms with E-state index in [1.54, 1.807) is 35.2 Å². The van der Waals surface area contributed by atoms with Crippen molar-refractivity contribution in [2.24, 2.45) is 0 Å². The minimum atomic E-state index is -1.20. The Morgan fingerprint density at radius 2 is 2.09 bits per heavy atom. The summed E-state index contributed by atoms with van der Waals surface area (Å²) in [5.41, 5.74) is 1.39. The number of hydrogen-bond acceptors (Lipinski definition) is 4. The van der Waals surface area contributed by atoms with E-state index >= 15 is 0 Å². The molecular formula is C16H10N2O4. The first-order valence-electron chi connectivity index (χ1n) is 6.33. The van der Waals surface area contributed by atoms with Crippen LogP contribution in [0.5, 0.6) is 5.75 Å². The minimum absolute atomic E-state index is 0.178. The number of benzene rings is 1. The standard InChI is InChI=1S/C16H10N2O4/c17-7-10-8-18(9-13(10)15-2-1-5-22-15)11-3-4-12(16(20)21)14(19)6-11/h1-6,8-9,19H,(H,20,21). The average molecular weight is 294 g/mol. The molecule has 0 aliphatic carbocycles. The number of carboxylic acid groups (broad SMARTS) is 1. The maximum absolute atomic E-state index is 10.9. The number of carbonyl (C=O) groups is 1. The van der Waals surface area contributed by atoms with Crippen molar-refractivity contribution in [2.75, 3.05) is 0 Å². The van der Waals surface area contributed by atoms with Crippen LogP contribution in [0, 0.1) is 11.3 Å². The monoisotopic (exact) mass is 294 g/mol. The van der Waals surface area contributed by atoms with Gasteiger partial charge in [-0.2, -0.15) is 5.26 Å². The molecule has 108 valence electrons. The molecule has 0 atom stereocenters. The second-order valence-electron chi connectivity index (χ2n) is 4.59. The van der Waals surface area contributed by atoms with Crippen molar-refractivity contribution in [3.8, 4) is 28.8 Å². The smallest absolute Gasteiger partial charge is 0.339 e. The lowest BCUT2D eigenvalue weighted by Gasteiger charge is -2.05. The third-order valence-electron chi connectivity index (χ3n) is 3.24. The number of furan rings is 1. The van der Waals surface area contributed by atoms with Crippen LogP contribution in [0.25, 0.3) is 17.0 Å². The van der Waals surface area contributed by atoms with Crippen LogP contribution >= 0.6 is 0 Å². The van der Waals surface area contributed by atoms with Crippen LogP contribution in [0.15, 0.2) is 53.4 Å². The number of hydrogen-bond donors (Lipinski definition) is 2. The summed E-state index contributed by atoms with van der Waals surface area (Å²) in [4.78, 5) is 10.9. The first-order valence-corrected chi connectivity index (χ1v) is 6.33. The maximum atomic E-state index is 10.9. The van der Waals surface area contributed by atoms with E-state index in [2.05, 4.69) is 6.07 Å². The highest BCUT2D eigenvalue weighted by Gasteiger charge is 2.14. The Labute approximate surface area is 125 Å². The van der Waals surface area contributed by atoms with Gasteiger partial charge in [0.25, 0.3) is 0 Å². The van der Waals surface area contributed by atoms with Gasteiger partial charge in [-0.3, -0.25) is 0 Å². The summed E-state index contributed by atoms with van der Waals surface area (Å²) in [6.45, 7) is 0. The molecule has 6 nitrogen and oxygen atoms in total. The summed E-state index contributed by atoms with van der Waals surface area (Å²) in [6.07, 6.45) is 4.79. The normalized spacial score (nSPS) is 10.3. The molecule has 2 N–H and O–H groups in total. The van der Waals surface area contributed by atoms with Gasteiger partial charge in [-0.15, -0.1) is 0 Å². The number of nitriles is 1. The van der Waals surface area contributed by atoms with Gasteiger partial charge in [0.2, 0.25) is 0 Å². The molecule has 0 radical (unpaired) electrons. The Morgan fingerprint density at radius 1 is 1.27 bits per heavy atom. The van der Waals surface area contributed by atoms with Gasteiger partial charge in [0.1, 0.15) is 23.1 Å². The van der Waals surface area contributed by atoms with Crippen LogP contribution in [0.1, 0.15) is 15.9 Å². The molecule has 0 fully saturated rings. The molecule has 2 aromatic heterocycles. The van der Waals surface area contributed by atoms with Gasteiger partial charge in [0, 0.05) is 24.1 Å². The number of aromatic hydroxyl groups is 1. The molecule has 3 aromatic rings. The largest absolute Gasteiger partial charge is 0.507 e. The molecule has 1 aromatic carbocycles. The van der Waals surface area contributed by atoms with Crippen molar-refractivity contribution in [1.29, 1.82) is 5.26 Å². The van der Waals surface area contributed by atoms with Crippen LogP contribution in [0.2, 0.25) is 0 Å². The molecule has 6 heteroatoms. The van der Waals surface area contributed by atoms with Crippen LogP contribution in [0.3, 0.4) is 0 Å². The van der Waals surface area contributed by atoms with Gasteiger partial charge in [0.15, 0.2) is 0 Å². The molecule has 0 bridgehead atoms. The number of nitrogens with zero attached hydrogens (tertiary/aromatic N) is 2. The Morgan fingerprint density at radius 3 is 2.68 bits per heavy atom. The molecule has 0 unspecified atom stereocenters. The highest BCUT2D eigenvalue weighted by molar-refractivity contribution is 5.91. The average Bonchev–Trinajstić information content (AvgIpc) is 3.15. The Balaban J connectivity index is 2.08. The minimum Gasteiger partial charge on any atom is -0.507 e. The van der Waals surface area contributed by atoms with Crippen molar-refractivity contribution < 1.29 is 19.4 Å². The van der Waals surface area contributed by atoms with E-state index < -0.39 is 5.97 Å². The van der Waals surface area contributed by atoms with Gasteiger partial charge < -0.3 is 19.2 Å². The van der Waals surface area contributed by atoms with E-state index in [1.807, 2.05) is 0 Å². The predicted molar refractivity (Wildman–Crippen MR) is 76.8 cm³/mol. The number of rotatable bonds is 3. The van der Waals surface area contributed by atoms with Gasteiger partial charge in [-0.1, -0.05) is 0 Å². The predicted octanol–water partition coefficient (Wildman–Crippen LogP) is 3.01. The van der Waals surface area contributed by atoms with E-state index in [0.717, 1.165) is 0 Å². The molecule has 0 aliphatic heterocycles. The summed E-state index contributed by atoms with van der Waals surface area (Å²) in [6, 6.07) is 9.74. The SMILES string of the molecule is N#Cc1cn(-c2ccc(C(=O)O)c(O)c2)cc1-c1ccco1. The summed E-state index contributed by atoms with van der Waals surface area (Å²) in [7, 11) is 0. The molecule has 0 spiro atoms. The zero-order valence-electron chi connectivity index (χ0n) is 11.2. The van der Waals surface area contributed by atoms with Crippen LogP contribution < -0.4 is 0 Å². The zero-order chi connectivity index (χ0) is 15.7. The fraction of sp³-hybridized carbons (Fsp3) is 0. The molecule has 0 aliphatic rings. The fourth-order valence-corrected chi connectivity index (χ4v) is 2.18. The van der Waals surface area contributed by atoms with Crippen molar-refractivity contribution in [3.63, 3.8) is 0 Å². The third kappa shape index (κ3) is 2.21. The first kappa shape index (κ1) is 13.5. The zero-order valence-corrected chi connectivity index (χ0v) is 11.2. The van der Waals surface area contributed by atoms with Gasteiger partial charge in [0.05, 0.1) is 17.4 Å². The summed E-state index contributed by atoms with van der Waals surface area (Å²) >= 11 is 0. The summed E-state index contributed by atoms with van der Waals surface area (Å²) in [5, 5.41) is 27.9. The maximum Gasteiger partial charge on any atom is 0.339 e. The first-order chi connectivity index (χ1) is 10.6. The molecule has 3 rings (SSSR count). The van der Waals surface area contributed by atoms with Gasteiger partial charge >= 0.3 is 5.97 Å². The van der Waals surface area contributed by atoms with E-state index in [4.69, 9.17) is 9.52 Å². The lowest BCUT2D eigenvalue weighted by atomic mass is 10.2. The quantitative estimate of drug-likeness (QED) is 0.773. The lowest BCUT2D eigenvalue weighted by molar-refractivity contribution is 0.0694. The van der Waals surface area contributed by atoms with Crippen molar-refractivity contribution in [1.82, 2.24) is 4.57 Å². The third-order valence-corrected chi connectivity index (χ3v) is 3.24. The van der Waals surface area contributed by atoms with E-state index in [9.17, 15) is 15.2 Å². The Kier molecular flexibility index (Phi) is 3.16. The molecule has 22 heavy (non-hydrogen) atoms. The van der Waals surface area contributed by atoms with E-state index in [0.29, 0.717) is 22.6 Å². The van der Waals surface area contributed by atoms with E-state index in [1.165, 1.54) is 18.4 Å².